The molecule has 0 aromatic heterocycles. The summed E-state index contributed by atoms with van der Waals surface area (Å²) in [6.07, 6.45) is 1.52. The Morgan fingerprint density at radius 2 is 1.93 bits per heavy atom. The Balaban J connectivity index is 4.00. The predicted molar refractivity (Wildman–Crippen MR) is 69.0 cm³/mol. The molecule has 0 spiro atoms. The van der Waals surface area contributed by atoms with Gasteiger partial charge in [0.05, 0.1) is 10.6 Å². The number of thiocarbonyl (C=S) groups is 1. The van der Waals surface area contributed by atoms with E-state index in [-0.39, 0.29) is 0 Å². The molecular formula is C11H24N2OS. The van der Waals surface area contributed by atoms with E-state index in [1.54, 1.807) is 0 Å². The molecule has 0 saturated carbocycles. The molecule has 0 heterocycles. The first-order valence-corrected chi connectivity index (χ1v) is 5.88. The normalized spacial score (nSPS) is 12.5. The van der Waals surface area contributed by atoms with Crippen molar-refractivity contribution >= 4 is 17.2 Å². The summed E-state index contributed by atoms with van der Waals surface area (Å²) in [6.45, 7) is 9.71. The summed E-state index contributed by atoms with van der Waals surface area (Å²) in [5.41, 5.74) is 4.88. The van der Waals surface area contributed by atoms with Gasteiger partial charge in [-0.1, -0.05) is 12.2 Å². The van der Waals surface area contributed by atoms with Crippen molar-refractivity contribution in [1.82, 2.24) is 4.90 Å². The Hall–Kier alpha value is -0.190. The van der Waals surface area contributed by atoms with E-state index >= 15 is 0 Å². The van der Waals surface area contributed by atoms with Crippen LogP contribution in [0.25, 0.3) is 0 Å². The second-order valence-corrected chi connectivity index (χ2v) is 5.43. The molecule has 4 heteroatoms. The third-order valence-electron chi connectivity index (χ3n) is 2.39. The predicted octanol–water partition coefficient (Wildman–Crippen LogP) is 1.53. The maximum absolute atomic E-state index is 9.65. The van der Waals surface area contributed by atoms with Gasteiger partial charge in [0.2, 0.25) is 0 Å². The average molecular weight is 232 g/mol. The molecule has 0 radical (unpaired) electrons. The van der Waals surface area contributed by atoms with Crippen molar-refractivity contribution in [2.45, 2.75) is 52.2 Å². The molecule has 0 aliphatic rings. The molecule has 3 N–H and O–H groups in total. The van der Waals surface area contributed by atoms with Gasteiger partial charge < -0.3 is 15.7 Å². The Kier molecular flexibility index (Phi) is 6.32. The van der Waals surface area contributed by atoms with Gasteiger partial charge in [0.15, 0.2) is 0 Å². The van der Waals surface area contributed by atoms with Gasteiger partial charge in [-0.05, 0) is 34.1 Å². The van der Waals surface area contributed by atoms with Gasteiger partial charge >= 0.3 is 0 Å². The standard InChI is InChI=1S/C11H24N2OS/c1-9(2)13(7-5-10(12)15)8-6-11(3,4)14/h9,14H,5-8H2,1-4H3,(H2,12,15). The quantitative estimate of drug-likeness (QED) is 0.654. The number of hydrogen-bond acceptors (Lipinski definition) is 3. The average Bonchev–Trinajstić information content (AvgIpc) is 2.00. The zero-order valence-electron chi connectivity index (χ0n) is 10.3. The van der Waals surface area contributed by atoms with Crippen LogP contribution >= 0.6 is 12.2 Å². The van der Waals surface area contributed by atoms with E-state index in [0.717, 1.165) is 25.9 Å². The number of nitrogens with zero attached hydrogens (tertiary/aromatic N) is 1. The van der Waals surface area contributed by atoms with Gasteiger partial charge in [-0.25, -0.2) is 0 Å². The van der Waals surface area contributed by atoms with E-state index in [9.17, 15) is 5.11 Å². The molecular weight excluding hydrogens is 208 g/mol. The van der Waals surface area contributed by atoms with Crippen LogP contribution in [0.15, 0.2) is 0 Å². The van der Waals surface area contributed by atoms with Crippen molar-refractivity contribution in [2.24, 2.45) is 5.73 Å². The molecule has 0 aliphatic heterocycles. The molecule has 0 bridgehead atoms. The summed E-state index contributed by atoms with van der Waals surface area (Å²) < 4.78 is 0. The molecule has 0 rings (SSSR count). The van der Waals surface area contributed by atoms with Crippen molar-refractivity contribution in [1.29, 1.82) is 0 Å². The van der Waals surface area contributed by atoms with Crippen LogP contribution in [0.5, 0.6) is 0 Å². The van der Waals surface area contributed by atoms with Crippen molar-refractivity contribution in [2.75, 3.05) is 13.1 Å². The Labute approximate surface area is 98.6 Å². The lowest BCUT2D eigenvalue weighted by Gasteiger charge is -2.29. The minimum atomic E-state index is -0.601. The fourth-order valence-corrected chi connectivity index (χ4v) is 1.39. The Morgan fingerprint density at radius 3 is 2.27 bits per heavy atom. The Morgan fingerprint density at radius 1 is 1.40 bits per heavy atom. The number of aliphatic hydroxyl groups is 1. The van der Waals surface area contributed by atoms with Crippen LogP contribution in [0.4, 0.5) is 0 Å². The Bertz CT molecular complexity index is 199. The summed E-state index contributed by atoms with van der Waals surface area (Å²) in [5.74, 6) is 0. The number of hydrogen-bond donors (Lipinski definition) is 2. The minimum Gasteiger partial charge on any atom is -0.393 e. The summed E-state index contributed by atoms with van der Waals surface area (Å²) in [6, 6.07) is 0.460. The fraction of sp³-hybridized carbons (Fsp3) is 0.909. The SMILES string of the molecule is CC(C)N(CCC(N)=S)CCC(C)(C)O. The molecule has 0 amide bonds. The second-order valence-electron chi connectivity index (χ2n) is 4.91. The van der Waals surface area contributed by atoms with Gasteiger partial charge in [-0.2, -0.15) is 0 Å². The molecule has 0 aromatic rings. The molecule has 90 valence electrons. The lowest BCUT2D eigenvalue weighted by molar-refractivity contribution is 0.0537. The lowest BCUT2D eigenvalue weighted by atomic mass is 10.0. The highest BCUT2D eigenvalue weighted by Gasteiger charge is 2.16. The lowest BCUT2D eigenvalue weighted by Crippen LogP contribution is -2.37. The van der Waals surface area contributed by atoms with Gasteiger partial charge in [0.25, 0.3) is 0 Å². The van der Waals surface area contributed by atoms with E-state index in [0.29, 0.717) is 11.0 Å². The minimum absolute atomic E-state index is 0.460. The number of nitrogens with two attached hydrogens (primary N) is 1. The maximum atomic E-state index is 9.65. The van der Waals surface area contributed by atoms with E-state index in [4.69, 9.17) is 18.0 Å². The fourth-order valence-electron chi connectivity index (χ4n) is 1.30. The van der Waals surface area contributed by atoms with Crippen molar-refractivity contribution in [3.05, 3.63) is 0 Å². The van der Waals surface area contributed by atoms with E-state index in [2.05, 4.69) is 18.7 Å². The largest absolute Gasteiger partial charge is 0.393 e. The monoisotopic (exact) mass is 232 g/mol. The molecule has 0 aliphatic carbocycles. The summed E-state index contributed by atoms with van der Waals surface area (Å²) in [5, 5.41) is 9.65. The van der Waals surface area contributed by atoms with Crippen LogP contribution in [0, 0.1) is 0 Å². The van der Waals surface area contributed by atoms with Crippen LogP contribution in [-0.2, 0) is 0 Å². The van der Waals surface area contributed by atoms with Crippen molar-refractivity contribution in [3.63, 3.8) is 0 Å². The van der Waals surface area contributed by atoms with Gasteiger partial charge in [-0.3, -0.25) is 0 Å². The summed E-state index contributed by atoms with van der Waals surface area (Å²) in [4.78, 5) is 2.85. The third kappa shape index (κ3) is 8.78. The topological polar surface area (TPSA) is 49.5 Å². The molecule has 0 fully saturated rings. The molecule has 0 aromatic carbocycles. The van der Waals surface area contributed by atoms with Crippen molar-refractivity contribution < 1.29 is 5.11 Å². The molecule has 0 saturated heterocycles. The molecule has 15 heavy (non-hydrogen) atoms. The first kappa shape index (κ1) is 14.8. The molecule has 0 atom stereocenters. The van der Waals surface area contributed by atoms with E-state index in [1.165, 1.54) is 0 Å². The van der Waals surface area contributed by atoms with Gasteiger partial charge in [0.1, 0.15) is 0 Å². The van der Waals surface area contributed by atoms with Crippen molar-refractivity contribution in [3.8, 4) is 0 Å². The maximum Gasteiger partial charge on any atom is 0.0740 e. The van der Waals surface area contributed by atoms with Crippen LogP contribution in [0.2, 0.25) is 0 Å². The highest BCUT2D eigenvalue weighted by Crippen LogP contribution is 2.10. The van der Waals surface area contributed by atoms with Crippen LogP contribution in [0.3, 0.4) is 0 Å². The summed E-state index contributed by atoms with van der Waals surface area (Å²) in [7, 11) is 0. The zero-order valence-corrected chi connectivity index (χ0v) is 11.1. The third-order valence-corrected chi connectivity index (χ3v) is 2.59. The molecule has 3 nitrogen and oxygen atoms in total. The first-order chi connectivity index (χ1) is 6.72. The summed E-state index contributed by atoms with van der Waals surface area (Å²) >= 11 is 4.86. The van der Waals surface area contributed by atoms with Crippen LogP contribution in [-0.4, -0.2) is 39.7 Å². The van der Waals surface area contributed by atoms with Gasteiger partial charge in [0, 0.05) is 25.6 Å². The smallest absolute Gasteiger partial charge is 0.0740 e. The van der Waals surface area contributed by atoms with Crippen LogP contribution in [0.1, 0.15) is 40.5 Å². The van der Waals surface area contributed by atoms with Gasteiger partial charge in [-0.15, -0.1) is 0 Å². The second kappa shape index (κ2) is 6.40. The molecule has 0 unspecified atom stereocenters. The first-order valence-electron chi connectivity index (χ1n) is 5.47. The highest BCUT2D eigenvalue weighted by atomic mass is 32.1. The van der Waals surface area contributed by atoms with E-state index < -0.39 is 5.60 Å². The zero-order chi connectivity index (χ0) is 12.1. The highest BCUT2D eigenvalue weighted by molar-refractivity contribution is 7.80. The van der Waals surface area contributed by atoms with E-state index in [1.807, 2.05) is 13.8 Å². The van der Waals surface area contributed by atoms with Crippen LogP contribution < -0.4 is 5.73 Å². The number of rotatable bonds is 7.